The quantitative estimate of drug-likeness (QED) is 0.639. The smallest absolute Gasteiger partial charge is 0.231 e. The molecule has 29 heavy (non-hydrogen) atoms. The van der Waals surface area contributed by atoms with Crippen molar-refractivity contribution >= 4 is 0 Å². The maximum Gasteiger partial charge on any atom is 0.231 e. The van der Waals surface area contributed by atoms with E-state index in [4.69, 9.17) is 13.9 Å². The summed E-state index contributed by atoms with van der Waals surface area (Å²) in [5, 5.41) is 8.43. The van der Waals surface area contributed by atoms with Gasteiger partial charge in [-0.15, -0.1) is 10.2 Å². The zero-order valence-electron chi connectivity index (χ0n) is 16.3. The van der Waals surface area contributed by atoms with E-state index in [9.17, 15) is 0 Å². The molecule has 0 unspecified atom stereocenters. The zero-order valence-corrected chi connectivity index (χ0v) is 16.3. The van der Waals surface area contributed by atoms with Gasteiger partial charge in [-0.2, -0.15) is 0 Å². The van der Waals surface area contributed by atoms with Gasteiger partial charge in [-0.1, -0.05) is 36.4 Å². The molecular formula is C22H24N4O3. The minimum atomic E-state index is 0.320. The molecule has 1 aromatic heterocycles. The van der Waals surface area contributed by atoms with Gasteiger partial charge in [0.05, 0.1) is 13.0 Å². The Hall–Kier alpha value is -2.90. The van der Waals surface area contributed by atoms with Gasteiger partial charge >= 0.3 is 0 Å². The molecule has 0 spiro atoms. The van der Waals surface area contributed by atoms with Crippen molar-refractivity contribution in [2.45, 2.75) is 19.5 Å². The van der Waals surface area contributed by atoms with Gasteiger partial charge in [0, 0.05) is 32.7 Å². The van der Waals surface area contributed by atoms with E-state index < -0.39 is 0 Å². The lowest BCUT2D eigenvalue weighted by molar-refractivity contribution is 0.114. The molecule has 2 aliphatic rings. The standard InChI is InChI=1S/C22H24N4O3/c1-2-4-17(5-3-1)13-21-23-24-22(29-21)15-26-10-8-25(9-11-26)14-18-6-7-19-20(12-18)28-16-27-19/h1-7,12H,8-11,13-16H2. The van der Waals surface area contributed by atoms with Crippen LogP contribution >= 0.6 is 0 Å². The van der Waals surface area contributed by atoms with E-state index in [-0.39, 0.29) is 0 Å². The van der Waals surface area contributed by atoms with Crippen molar-refractivity contribution in [3.63, 3.8) is 0 Å². The van der Waals surface area contributed by atoms with E-state index in [1.807, 2.05) is 24.3 Å². The van der Waals surface area contributed by atoms with E-state index >= 15 is 0 Å². The first-order valence-electron chi connectivity index (χ1n) is 10.0. The van der Waals surface area contributed by atoms with Crippen LogP contribution in [0.4, 0.5) is 0 Å². The Morgan fingerprint density at radius 1 is 0.724 bits per heavy atom. The number of hydrogen-bond donors (Lipinski definition) is 0. The van der Waals surface area contributed by atoms with Crippen LogP contribution in [0, 0.1) is 0 Å². The fraction of sp³-hybridized carbons (Fsp3) is 0.364. The van der Waals surface area contributed by atoms with Crippen LogP contribution in [0.25, 0.3) is 0 Å². The summed E-state index contributed by atoms with van der Waals surface area (Å²) in [5.74, 6) is 3.06. The summed E-state index contributed by atoms with van der Waals surface area (Å²) in [6, 6.07) is 16.4. The van der Waals surface area contributed by atoms with Crippen LogP contribution in [0.2, 0.25) is 0 Å². The Balaban J connectivity index is 1.11. The van der Waals surface area contributed by atoms with Crippen molar-refractivity contribution in [2.24, 2.45) is 0 Å². The highest BCUT2D eigenvalue weighted by Gasteiger charge is 2.20. The minimum Gasteiger partial charge on any atom is -0.454 e. The van der Waals surface area contributed by atoms with Crippen LogP contribution in [0.1, 0.15) is 22.9 Å². The van der Waals surface area contributed by atoms with Gasteiger partial charge in [-0.3, -0.25) is 9.80 Å². The second kappa shape index (κ2) is 8.23. The number of fused-ring (bicyclic) bond motifs is 1. The molecule has 2 aliphatic heterocycles. The summed E-state index contributed by atoms with van der Waals surface area (Å²) in [7, 11) is 0. The maximum absolute atomic E-state index is 5.85. The normalized spacial score (nSPS) is 17.0. The number of ether oxygens (including phenoxy) is 2. The average Bonchev–Trinajstić information content (AvgIpc) is 3.39. The molecule has 0 aliphatic carbocycles. The number of aromatic nitrogens is 2. The van der Waals surface area contributed by atoms with Gasteiger partial charge in [-0.25, -0.2) is 0 Å². The average molecular weight is 392 g/mol. The highest BCUT2D eigenvalue weighted by Crippen LogP contribution is 2.32. The van der Waals surface area contributed by atoms with Crippen LogP contribution in [0.5, 0.6) is 11.5 Å². The maximum atomic E-state index is 5.85. The number of piperazine rings is 1. The van der Waals surface area contributed by atoms with Gasteiger partial charge in [0.2, 0.25) is 18.6 Å². The molecule has 0 N–H and O–H groups in total. The number of hydrogen-bond acceptors (Lipinski definition) is 7. The lowest BCUT2D eigenvalue weighted by Crippen LogP contribution is -2.45. The molecule has 0 amide bonds. The van der Waals surface area contributed by atoms with Gasteiger partial charge in [-0.05, 0) is 23.3 Å². The van der Waals surface area contributed by atoms with Crippen LogP contribution in [0.15, 0.2) is 52.9 Å². The fourth-order valence-corrected chi connectivity index (χ4v) is 3.79. The molecule has 150 valence electrons. The molecule has 0 radical (unpaired) electrons. The highest BCUT2D eigenvalue weighted by molar-refractivity contribution is 5.44. The van der Waals surface area contributed by atoms with E-state index in [0.717, 1.165) is 44.2 Å². The summed E-state index contributed by atoms with van der Waals surface area (Å²) in [6.45, 7) is 5.95. The monoisotopic (exact) mass is 392 g/mol. The summed E-state index contributed by atoms with van der Waals surface area (Å²) in [4.78, 5) is 4.83. The summed E-state index contributed by atoms with van der Waals surface area (Å²) in [5.41, 5.74) is 2.44. The number of benzene rings is 2. The first-order valence-corrected chi connectivity index (χ1v) is 10.0. The molecule has 5 rings (SSSR count). The lowest BCUT2D eigenvalue weighted by Gasteiger charge is -2.33. The van der Waals surface area contributed by atoms with Gasteiger partial charge < -0.3 is 13.9 Å². The molecule has 0 bridgehead atoms. The Morgan fingerprint density at radius 3 is 2.28 bits per heavy atom. The van der Waals surface area contributed by atoms with E-state index in [0.29, 0.717) is 31.5 Å². The van der Waals surface area contributed by atoms with Crippen molar-refractivity contribution in [1.29, 1.82) is 0 Å². The predicted molar refractivity (Wildman–Crippen MR) is 107 cm³/mol. The van der Waals surface area contributed by atoms with Gasteiger partial charge in [0.25, 0.3) is 0 Å². The lowest BCUT2D eigenvalue weighted by atomic mass is 10.1. The second-order valence-corrected chi connectivity index (χ2v) is 7.49. The SMILES string of the molecule is c1ccc(Cc2nnc(CN3CCN(Cc4ccc5c(c4)OCO5)CC3)o2)cc1. The number of rotatable bonds is 6. The minimum absolute atomic E-state index is 0.320. The molecule has 3 heterocycles. The van der Waals surface area contributed by atoms with Gasteiger partial charge in [0.1, 0.15) is 0 Å². The van der Waals surface area contributed by atoms with Crippen molar-refractivity contribution in [1.82, 2.24) is 20.0 Å². The van der Waals surface area contributed by atoms with Crippen molar-refractivity contribution in [2.75, 3.05) is 33.0 Å². The zero-order chi connectivity index (χ0) is 19.5. The molecular weight excluding hydrogens is 368 g/mol. The molecule has 2 aromatic carbocycles. The van der Waals surface area contributed by atoms with Crippen LogP contribution < -0.4 is 9.47 Å². The van der Waals surface area contributed by atoms with E-state index in [1.54, 1.807) is 0 Å². The Labute approximate surface area is 169 Å². The predicted octanol–water partition coefficient (Wildman–Crippen LogP) is 2.71. The van der Waals surface area contributed by atoms with Crippen LogP contribution in [-0.2, 0) is 19.5 Å². The Bertz CT molecular complexity index is 952. The summed E-state index contributed by atoms with van der Waals surface area (Å²) >= 11 is 0. The van der Waals surface area contributed by atoms with Crippen molar-refractivity contribution in [3.8, 4) is 11.5 Å². The topological polar surface area (TPSA) is 63.9 Å². The molecule has 7 nitrogen and oxygen atoms in total. The summed E-state index contributed by atoms with van der Waals surface area (Å²) < 4.78 is 16.7. The fourth-order valence-electron chi connectivity index (χ4n) is 3.79. The first kappa shape index (κ1) is 18.1. The molecule has 1 fully saturated rings. The highest BCUT2D eigenvalue weighted by atomic mass is 16.7. The molecule has 7 heteroatoms. The summed E-state index contributed by atoms with van der Waals surface area (Å²) in [6.07, 6.45) is 0.678. The first-order chi connectivity index (χ1) is 14.3. The van der Waals surface area contributed by atoms with Crippen LogP contribution in [0.3, 0.4) is 0 Å². The van der Waals surface area contributed by atoms with E-state index in [1.165, 1.54) is 11.1 Å². The Kier molecular flexibility index (Phi) is 5.15. The molecule has 1 saturated heterocycles. The largest absolute Gasteiger partial charge is 0.454 e. The third-order valence-electron chi connectivity index (χ3n) is 5.37. The van der Waals surface area contributed by atoms with Crippen molar-refractivity contribution < 1.29 is 13.9 Å². The van der Waals surface area contributed by atoms with Crippen LogP contribution in [-0.4, -0.2) is 53.0 Å². The molecule has 3 aromatic rings. The molecule has 0 saturated carbocycles. The molecule has 0 atom stereocenters. The van der Waals surface area contributed by atoms with Crippen molar-refractivity contribution in [3.05, 3.63) is 71.4 Å². The third-order valence-corrected chi connectivity index (χ3v) is 5.37. The Morgan fingerprint density at radius 2 is 1.45 bits per heavy atom. The second-order valence-electron chi connectivity index (χ2n) is 7.49. The van der Waals surface area contributed by atoms with E-state index in [2.05, 4.69) is 44.3 Å². The third kappa shape index (κ3) is 4.41. The number of nitrogens with zero attached hydrogens (tertiary/aromatic N) is 4. The van der Waals surface area contributed by atoms with Gasteiger partial charge in [0.15, 0.2) is 11.5 Å².